The zero-order valence-electron chi connectivity index (χ0n) is 7.28. The van der Waals surface area contributed by atoms with Crippen LogP contribution in [0, 0.1) is 5.92 Å². The second-order valence-corrected chi connectivity index (χ2v) is 5.38. The number of rotatable bonds is 2. The topological polar surface area (TPSA) is 57.5 Å². The van der Waals surface area contributed by atoms with Gasteiger partial charge in [-0.1, -0.05) is 13.8 Å². The third kappa shape index (κ3) is 1.75. The molecule has 0 bridgehead atoms. The number of aliphatic carboxylic acids is 1. The molecule has 1 rings (SSSR count). The van der Waals surface area contributed by atoms with E-state index in [1.165, 1.54) is 0 Å². The van der Waals surface area contributed by atoms with Gasteiger partial charge in [0.05, 0.1) is 0 Å². The summed E-state index contributed by atoms with van der Waals surface area (Å²) in [6.07, 6.45) is -0.402. The van der Waals surface area contributed by atoms with E-state index in [0.717, 1.165) is 12.2 Å². The molecule has 0 saturated carbocycles. The van der Waals surface area contributed by atoms with Crippen LogP contribution in [0.5, 0.6) is 0 Å². The molecule has 0 aromatic rings. The van der Waals surface area contributed by atoms with Crippen LogP contribution in [-0.4, -0.2) is 32.8 Å². The quantitative estimate of drug-likeness (QED) is 0.681. The maximum absolute atomic E-state index is 10.5. The van der Waals surface area contributed by atoms with Gasteiger partial charge in [-0.15, -0.1) is 0 Å². The number of carbonyl (C=O) groups is 1. The van der Waals surface area contributed by atoms with Gasteiger partial charge >= 0.3 is 5.97 Å². The minimum atomic E-state index is -1.20. The molecule has 12 heavy (non-hydrogen) atoms. The number of hydrogen-bond donors (Lipinski definition) is 2. The van der Waals surface area contributed by atoms with Gasteiger partial charge in [-0.3, -0.25) is 0 Å². The predicted octanol–water partition coefficient (Wildman–Crippen LogP) is 0.964. The molecule has 0 amide bonds. The summed E-state index contributed by atoms with van der Waals surface area (Å²) < 4.78 is -0.0994. The highest BCUT2D eigenvalue weighted by molar-refractivity contribution is 8.00. The van der Waals surface area contributed by atoms with E-state index in [1.54, 1.807) is 11.8 Å². The zero-order valence-corrected chi connectivity index (χ0v) is 8.10. The van der Waals surface area contributed by atoms with Crippen LogP contribution in [0.25, 0.3) is 0 Å². The van der Waals surface area contributed by atoms with E-state index in [1.807, 2.05) is 13.8 Å². The van der Waals surface area contributed by atoms with Crippen molar-refractivity contribution in [2.24, 2.45) is 5.92 Å². The van der Waals surface area contributed by atoms with Gasteiger partial charge in [-0.25, -0.2) is 4.79 Å². The van der Waals surface area contributed by atoms with Gasteiger partial charge in [0.2, 0.25) is 0 Å². The van der Waals surface area contributed by atoms with Gasteiger partial charge in [-0.05, 0) is 12.2 Å². The predicted molar refractivity (Wildman–Crippen MR) is 48.3 cm³/mol. The van der Waals surface area contributed by atoms with Crippen molar-refractivity contribution in [3.8, 4) is 0 Å². The van der Waals surface area contributed by atoms with Crippen molar-refractivity contribution < 1.29 is 15.0 Å². The summed E-state index contributed by atoms with van der Waals surface area (Å²) in [5, 5.41) is 18.0. The molecule has 2 N–H and O–H groups in total. The summed E-state index contributed by atoms with van der Waals surface area (Å²) in [6.45, 7) is 3.98. The monoisotopic (exact) mass is 190 g/mol. The molecular weight excluding hydrogens is 176 g/mol. The molecule has 2 atom stereocenters. The molecule has 0 aromatic carbocycles. The summed E-state index contributed by atoms with van der Waals surface area (Å²) in [7, 11) is 0. The number of aliphatic hydroxyl groups is 1. The van der Waals surface area contributed by atoms with Crippen molar-refractivity contribution in [2.75, 3.05) is 5.75 Å². The van der Waals surface area contributed by atoms with Crippen molar-refractivity contribution in [3.05, 3.63) is 0 Å². The fourth-order valence-electron chi connectivity index (χ4n) is 1.61. The normalized spacial score (nSPS) is 30.1. The molecule has 4 heteroatoms. The number of aliphatic hydroxyl groups excluding tert-OH is 1. The molecule has 1 heterocycles. The molecule has 3 nitrogen and oxygen atoms in total. The molecule has 70 valence electrons. The largest absolute Gasteiger partial charge is 0.479 e. The van der Waals surface area contributed by atoms with Gasteiger partial charge < -0.3 is 10.2 Å². The van der Waals surface area contributed by atoms with E-state index in [2.05, 4.69) is 0 Å². The van der Waals surface area contributed by atoms with Crippen LogP contribution in [0.4, 0.5) is 0 Å². The summed E-state index contributed by atoms with van der Waals surface area (Å²) in [4.78, 5) is 10.5. The lowest BCUT2D eigenvalue weighted by molar-refractivity contribution is -0.150. The fourth-order valence-corrected chi connectivity index (χ4v) is 2.97. The summed E-state index contributed by atoms with van der Waals surface area (Å²) >= 11 is 1.73. The van der Waals surface area contributed by atoms with Crippen LogP contribution in [0.2, 0.25) is 0 Å². The molecule has 0 spiro atoms. The second-order valence-electron chi connectivity index (χ2n) is 3.63. The lowest BCUT2D eigenvalue weighted by Gasteiger charge is -2.27. The van der Waals surface area contributed by atoms with Crippen LogP contribution in [0.15, 0.2) is 0 Å². The Kier molecular flexibility index (Phi) is 2.68. The minimum absolute atomic E-state index is 0.0994. The highest BCUT2D eigenvalue weighted by atomic mass is 32.2. The average Bonchev–Trinajstić information content (AvgIpc) is 2.27. The molecule has 0 radical (unpaired) electrons. The lowest BCUT2D eigenvalue weighted by Crippen LogP contribution is -2.38. The van der Waals surface area contributed by atoms with Crippen LogP contribution in [-0.2, 0) is 4.79 Å². The van der Waals surface area contributed by atoms with E-state index in [-0.39, 0.29) is 10.7 Å². The Labute approximate surface area is 76.2 Å². The van der Waals surface area contributed by atoms with Crippen LogP contribution in [0.1, 0.15) is 20.3 Å². The van der Waals surface area contributed by atoms with Crippen molar-refractivity contribution in [3.63, 3.8) is 0 Å². The average molecular weight is 190 g/mol. The van der Waals surface area contributed by atoms with Crippen molar-refractivity contribution >= 4 is 17.7 Å². The molecule has 0 aromatic heterocycles. The summed E-state index contributed by atoms with van der Waals surface area (Å²) in [5.74, 6) is -0.266. The first-order chi connectivity index (χ1) is 5.45. The molecule has 1 fully saturated rings. The van der Waals surface area contributed by atoms with Crippen LogP contribution in [0.3, 0.4) is 0 Å². The third-order valence-corrected chi connectivity index (χ3v) is 3.92. The molecular formula is C8H14O3S. The SMILES string of the molecule is CC1(C)SCCC1C(O)C(=O)O. The van der Waals surface area contributed by atoms with E-state index in [4.69, 9.17) is 5.11 Å². The van der Waals surface area contributed by atoms with E-state index in [0.29, 0.717) is 0 Å². The Bertz CT molecular complexity index is 191. The van der Waals surface area contributed by atoms with Crippen LogP contribution >= 0.6 is 11.8 Å². The van der Waals surface area contributed by atoms with Gasteiger partial charge in [0.25, 0.3) is 0 Å². The summed E-state index contributed by atoms with van der Waals surface area (Å²) in [5.41, 5.74) is 0. The highest BCUT2D eigenvalue weighted by Crippen LogP contribution is 2.43. The second kappa shape index (κ2) is 3.26. The number of thioether (sulfide) groups is 1. The first-order valence-electron chi connectivity index (χ1n) is 4.00. The first-order valence-corrected chi connectivity index (χ1v) is 4.98. The van der Waals surface area contributed by atoms with E-state index < -0.39 is 12.1 Å². The number of carboxylic acid groups (broad SMARTS) is 1. The molecule has 0 aliphatic carbocycles. The zero-order chi connectivity index (χ0) is 9.35. The smallest absolute Gasteiger partial charge is 0.332 e. The molecule has 1 saturated heterocycles. The molecule has 2 unspecified atom stereocenters. The Morgan fingerprint density at radius 1 is 1.67 bits per heavy atom. The molecule has 1 aliphatic heterocycles. The Balaban J connectivity index is 2.68. The van der Waals surface area contributed by atoms with Crippen molar-refractivity contribution in [1.29, 1.82) is 0 Å². The Morgan fingerprint density at radius 3 is 2.58 bits per heavy atom. The van der Waals surface area contributed by atoms with Crippen LogP contribution < -0.4 is 0 Å². The number of hydrogen-bond acceptors (Lipinski definition) is 3. The number of carboxylic acids is 1. The highest BCUT2D eigenvalue weighted by Gasteiger charge is 2.42. The van der Waals surface area contributed by atoms with Gasteiger partial charge in [0.1, 0.15) is 0 Å². The minimum Gasteiger partial charge on any atom is -0.479 e. The maximum Gasteiger partial charge on any atom is 0.332 e. The van der Waals surface area contributed by atoms with Crippen molar-refractivity contribution in [1.82, 2.24) is 0 Å². The Morgan fingerprint density at radius 2 is 2.25 bits per heavy atom. The van der Waals surface area contributed by atoms with Gasteiger partial charge in [0, 0.05) is 10.7 Å². The summed E-state index contributed by atoms with van der Waals surface area (Å²) in [6, 6.07) is 0. The fraction of sp³-hybridized carbons (Fsp3) is 0.875. The lowest BCUT2D eigenvalue weighted by atomic mass is 9.87. The van der Waals surface area contributed by atoms with Gasteiger partial charge in [0.15, 0.2) is 6.10 Å². The standard InChI is InChI=1S/C8H14O3S/c1-8(2)5(3-4-12-8)6(9)7(10)11/h5-6,9H,3-4H2,1-2H3,(H,10,11). The molecule has 1 aliphatic rings. The first kappa shape index (κ1) is 9.86. The van der Waals surface area contributed by atoms with Crippen molar-refractivity contribution in [2.45, 2.75) is 31.1 Å². The Hall–Kier alpha value is -0.220. The van der Waals surface area contributed by atoms with E-state index in [9.17, 15) is 9.90 Å². The van der Waals surface area contributed by atoms with E-state index >= 15 is 0 Å². The maximum atomic E-state index is 10.5. The third-order valence-electron chi connectivity index (χ3n) is 2.43. The van der Waals surface area contributed by atoms with Gasteiger partial charge in [-0.2, -0.15) is 11.8 Å².